The number of amides is 1. The van der Waals surface area contributed by atoms with Crippen molar-refractivity contribution < 1.29 is 29.3 Å². The number of anilines is 1. The Kier molecular flexibility index (Phi) is 13.4. The number of benzene rings is 2. The summed E-state index contributed by atoms with van der Waals surface area (Å²) in [7, 11) is 0. The molecule has 0 radical (unpaired) electrons. The normalized spacial score (nSPS) is 20.0. The summed E-state index contributed by atoms with van der Waals surface area (Å²) < 4.78 is 5.42. The van der Waals surface area contributed by atoms with Crippen LogP contribution in [-0.2, 0) is 9.59 Å². The van der Waals surface area contributed by atoms with E-state index in [9.17, 15) is 24.6 Å². The van der Waals surface area contributed by atoms with Crippen LogP contribution in [0.15, 0.2) is 54.6 Å². The minimum atomic E-state index is -0.787. The van der Waals surface area contributed by atoms with E-state index in [4.69, 9.17) is 4.74 Å². The van der Waals surface area contributed by atoms with Crippen LogP contribution in [0.25, 0.3) is 0 Å². The van der Waals surface area contributed by atoms with Gasteiger partial charge in [-0.1, -0.05) is 63.6 Å². The highest BCUT2D eigenvalue weighted by atomic mass is 32.2. The van der Waals surface area contributed by atoms with Gasteiger partial charge in [0.1, 0.15) is 11.5 Å². The van der Waals surface area contributed by atoms with Gasteiger partial charge >= 0.3 is 5.97 Å². The van der Waals surface area contributed by atoms with Gasteiger partial charge in [0.25, 0.3) is 5.91 Å². The fourth-order valence-electron chi connectivity index (χ4n) is 5.15. The Morgan fingerprint density at radius 1 is 1.00 bits per heavy atom. The summed E-state index contributed by atoms with van der Waals surface area (Å²) in [5, 5.41) is 23.8. The van der Waals surface area contributed by atoms with Crippen LogP contribution >= 0.6 is 11.8 Å². The van der Waals surface area contributed by atoms with Crippen molar-refractivity contribution in [3.05, 3.63) is 60.2 Å². The maximum Gasteiger partial charge on any atom is 0.311 e. The van der Waals surface area contributed by atoms with Crippen molar-refractivity contribution in [2.45, 2.75) is 101 Å². The van der Waals surface area contributed by atoms with Crippen molar-refractivity contribution >= 4 is 35.1 Å². The molecule has 0 bridgehead atoms. The molecule has 7 nitrogen and oxygen atoms in total. The maximum absolute atomic E-state index is 12.5. The van der Waals surface area contributed by atoms with Gasteiger partial charge in [0, 0.05) is 41.0 Å². The van der Waals surface area contributed by atoms with E-state index < -0.39 is 11.7 Å². The van der Waals surface area contributed by atoms with E-state index in [0.29, 0.717) is 35.6 Å². The Balaban J connectivity index is 1.32. The summed E-state index contributed by atoms with van der Waals surface area (Å²) in [4.78, 5) is 37.1. The van der Waals surface area contributed by atoms with Gasteiger partial charge in [-0.05, 0) is 62.6 Å². The molecule has 0 spiro atoms. The van der Waals surface area contributed by atoms with Gasteiger partial charge in [-0.2, -0.15) is 11.8 Å². The number of carbonyl (C=O) groups excluding carboxylic acids is 3. The number of hydrogen-bond donors (Lipinski definition) is 3. The van der Waals surface area contributed by atoms with Crippen LogP contribution in [0.2, 0.25) is 0 Å². The molecular weight excluding hydrogens is 538 g/mol. The molecule has 0 saturated heterocycles. The van der Waals surface area contributed by atoms with Crippen LogP contribution in [-0.4, -0.2) is 50.6 Å². The zero-order valence-corrected chi connectivity index (χ0v) is 25.2. The predicted octanol–water partition coefficient (Wildman–Crippen LogP) is 6.57. The zero-order chi connectivity index (χ0) is 29.7. The molecule has 3 rings (SSSR count). The van der Waals surface area contributed by atoms with Crippen LogP contribution < -0.4 is 10.1 Å². The first-order chi connectivity index (χ1) is 19.7. The molecule has 2 unspecified atom stereocenters. The molecule has 0 aromatic heterocycles. The molecule has 2 aromatic rings. The number of carbonyl (C=O) groups is 3. The van der Waals surface area contributed by atoms with Crippen molar-refractivity contribution in [3.8, 4) is 5.75 Å². The lowest BCUT2D eigenvalue weighted by Gasteiger charge is -2.27. The lowest BCUT2D eigenvalue weighted by atomic mass is 9.98. The molecule has 1 aliphatic carbocycles. The molecule has 41 heavy (non-hydrogen) atoms. The van der Waals surface area contributed by atoms with Crippen LogP contribution in [0.3, 0.4) is 0 Å². The van der Waals surface area contributed by atoms with Gasteiger partial charge in [-0.3, -0.25) is 14.4 Å². The molecule has 0 aliphatic heterocycles. The topological polar surface area (TPSA) is 113 Å². The van der Waals surface area contributed by atoms with E-state index in [1.807, 2.05) is 13.0 Å². The lowest BCUT2D eigenvalue weighted by Crippen LogP contribution is -2.32. The number of rotatable bonds is 17. The van der Waals surface area contributed by atoms with E-state index in [1.54, 1.807) is 60.3 Å². The third kappa shape index (κ3) is 11.3. The van der Waals surface area contributed by atoms with E-state index in [-0.39, 0.29) is 35.2 Å². The smallest absolute Gasteiger partial charge is 0.311 e. The second-order valence-corrected chi connectivity index (χ2v) is 12.5. The molecule has 4 atom stereocenters. The van der Waals surface area contributed by atoms with E-state index in [0.717, 1.165) is 51.4 Å². The summed E-state index contributed by atoms with van der Waals surface area (Å²) in [6.45, 7) is 3.98. The molecule has 224 valence electrons. The van der Waals surface area contributed by atoms with Crippen LogP contribution in [0, 0.1) is 5.92 Å². The largest absolute Gasteiger partial charge is 0.427 e. The average Bonchev–Trinajstić information content (AvgIpc) is 3.22. The van der Waals surface area contributed by atoms with Crippen molar-refractivity contribution in [2.24, 2.45) is 5.92 Å². The molecule has 3 N–H and O–H groups in total. The number of hydrogen-bond acceptors (Lipinski definition) is 7. The first-order valence-corrected chi connectivity index (χ1v) is 16.0. The number of Topliss-reactive ketones (excluding diaryl/α,β-unsaturated/α-hetero) is 1. The van der Waals surface area contributed by atoms with Crippen LogP contribution in [0.1, 0.15) is 94.8 Å². The SMILES string of the molecule is CCCCCC(C)(O)CS[C@H]1C(O)CC(=O)[C@@H]1CCCCCCC(=O)Oc1ccc(NC(=O)c2ccccc2)cc1. The summed E-state index contributed by atoms with van der Waals surface area (Å²) in [6.07, 6.45) is 7.81. The van der Waals surface area contributed by atoms with Crippen molar-refractivity contribution in [2.75, 3.05) is 11.1 Å². The Morgan fingerprint density at radius 2 is 1.71 bits per heavy atom. The van der Waals surface area contributed by atoms with Crippen LogP contribution in [0.4, 0.5) is 5.69 Å². The summed E-state index contributed by atoms with van der Waals surface area (Å²) in [6, 6.07) is 15.6. The van der Waals surface area contributed by atoms with E-state index in [2.05, 4.69) is 12.2 Å². The maximum atomic E-state index is 12.5. The highest BCUT2D eigenvalue weighted by molar-refractivity contribution is 8.00. The number of thioether (sulfide) groups is 1. The molecule has 1 fully saturated rings. The number of nitrogens with one attached hydrogen (secondary N) is 1. The number of unbranched alkanes of at least 4 members (excludes halogenated alkanes) is 5. The lowest BCUT2D eigenvalue weighted by molar-refractivity contribution is -0.134. The van der Waals surface area contributed by atoms with Crippen LogP contribution in [0.5, 0.6) is 5.75 Å². The molecular formula is C33H45NO6S. The van der Waals surface area contributed by atoms with Gasteiger partial charge in [0.15, 0.2) is 0 Å². The molecule has 8 heteroatoms. The molecule has 1 saturated carbocycles. The van der Waals surface area contributed by atoms with Gasteiger partial charge in [-0.25, -0.2) is 0 Å². The Morgan fingerprint density at radius 3 is 2.41 bits per heavy atom. The minimum absolute atomic E-state index is 0.120. The quantitative estimate of drug-likeness (QED) is 0.110. The molecule has 1 aliphatic rings. The monoisotopic (exact) mass is 583 g/mol. The van der Waals surface area contributed by atoms with Gasteiger partial charge in [0.2, 0.25) is 0 Å². The average molecular weight is 584 g/mol. The first-order valence-electron chi connectivity index (χ1n) is 14.9. The highest BCUT2D eigenvalue weighted by Crippen LogP contribution is 2.38. The number of ketones is 1. The fourth-order valence-corrected chi connectivity index (χ4v) is 6.68. The van der Waals surface area contributed by atoms with E-state index >= 15 is 0 Å². The fraction of sp³-hybridized carbons (Fsp3) is 0.545. The van der Waals surface area contributed by atoms with E-state index in [1.165, 1.54) is 0 Å². The number of aliphatic hydroxyl groups excluding tert-OH is 1. The predicted molar refractivity (Wildman–Crippen MR) is 164 cm³/mol. The Labute approximate surface area is 248 Å². The second-order valence-electron chi connectivity index (χ2n) is 11.3. The number of ether oxygens (including phenoxy) is 1. The van der Waals surface area contributed by atoms with Crippen molar-refractivity contribution in [3.63, 3.8) is 0 Å². The second kappa shape index (κ2) is 16.7. The summed E-state index contributed by atoms with van der Waals surface area (Å²) in [5.41, 5.74) is 0.395. The van der Waals surface area contributed by atoms with Gasteiger partial charge < -0.3 is 20.3 Å². The molecule has 2 aromatic carbocycles. The zero-order valence-electron chi connectivity index (χ0n) is 24.3. The molecule has 1 amide bonds. The minimum Gasteiger partial charge on any atom is -0.427 e. The van der Waals surface area contributed by atoms with Crippen molar-refractivity contribution in [1.29, 1.82) is 0 Å². The van der Waals surface area contributed by atoms with Gasteiger partial charge in [0.05, 0.1) is 11.7 Å². The highest BCUT2D eigenvalue weighted by Gasteiger charge is 2.42. The van der Waals surface area contributed by atoms with Crippen molar-refractivity contribution in [1.82, 2.24) is 0 Å². The third-order valence-electron chi connectivity index (χ3n) is 7.53. The summed E-state index contributed by atoms with van der Waals surface area (Å²) in [5.74, 6) is 0.391. The number of esters is 1. The Hall–Kier alpha value is -2.68. The van der Waals surface area contributed by atoms with Gasteiger partial charge in [-0.15, -0.1) is 0 Å². The number of aliphatic hydroxyl groups is 2. The standard InChI is InChI=1S/C33H45NO6S/c1-3-4-12-21-33(2,39)23-41-31-27(28(35)22-29(31)36)15-10-5-6-11-16-30(37)40-26-19-17-25(18-20-26)34-32(38)24-13-8-7-9-14-24/h7-9,13-14,17-20,27,29,31,36,39H,3-6,10-12,15-16,21-23H2,1-2H3,(H,34,38)/t27-,29?,31+,33?/m0/s1. The summed E-state index contributed by atoms with van der Waals surface area (Å²) >= 11 is 1.54. The molecule has 0 heterocycles. The third-order valence-corrected chi connectivity index (χ3v) is 9.35. The first kappa shape index (κ1) is 32.8. The Bertz CT molecular complexity index is 1100.